The minimum Gasteiger partial charge on any atom is -0.497 e. The molecule has 9 heteroatoms. The van der Waals surface area contributed by atoms with Gasteiger partial charge >= 0.3 is 0 Å². The molecule has 30 heavy (non-hydrogen) atoms. The SMILES string of the molecule is COc1ccc(-n2cnnc2SCC(=O)Nc2ccc(Cl)cc2-n2cccc2)cc1. The molecule has 0 saturated heterocycles. The molecule has 0 atom stereocenters. The Morgan fingerprint density at radius 2 is 1.93 bits per heavy atom. The van der Waals surface area contributed by atoms with Crippen LogP contribution in [0.25, 0.3) is 11.4 Å². The fourth-order valence-corrected chi connectivity index (χ4v) is 3.77. The lowest BCUT2D eigenvalue weighted by Gasteiger charge is -2.13. The van der Waals surface area contributed by atoms with E-state index in [9.17, 15) is 4.79 Å². The number of hydrogen-bond donors (Lipinski definition) is 1. The average molecular weight is 440 g/mol. The first-order chi connectivity index (χ1) is 14.6. The number of benzene rings is 2. The van der Waals surface area contributed by atoms with Crippen LogP contribution in [0.1, 0.15) is 0 Å². The summed E-state index contributed by atoms with van der Waals surface area (Å²) in [6.45, 7) is 0. The summed E-state index contributed by atoms with van der Waals surface area (Å²) in [4.78, 5) is 12.6. The average Bonchev–Trinajstić information content (AvgIpc) is 3.46. The molecule has 1 amide bonds. The van der Waals surface area contributed by atoms with E-state index >= 15 is 0 Å². The number of nitrogens with zero attached hydrogens (tertiary/aromatic N) is 4. The van der Waals surface area contributed by atoms with E-state index in [2.05, 4.69) is 15.5 Å². The molecule has 0 aliphatic rings. The quantitative estimate of drug-likeness (QED) is 0.430. The van der Waals surface area contributed by atoms with Crippen molar-refractivity contribution in [2.75, 3.05) is 18.2 Å². The molecule has 0 unspecified atom stereocenters. The van der Waals surface area contributed by atoms with Crippen LogP contribution in [0.3, 0.4) is 0 Å². The Labute approximate surface area is 182 Å². The summed E-state index contributed by atoms with van der Waals surface area (Å²) in [5.41, 5.74) is 2.36. The van der Waals surface area contributed by atoms with Crippen molar-refractivity contribution in [3.8, 4) is 17.1 Å². The Kier molecular flexibility index (Phi) is 6.06. The van der Waals surface area contributed by atoms with Crippen molar-refractivity contribution < 1.29 is 9.53 Å². The van der Waals surface area contributed by atoms with Gasteiger partial charge in [0.05, 0.1) is 24.2 Å². The van der Waals surface area contributed by atoms with Crippen LogP contribution in [0.2, 0.25) is 5.02 Å². The summed E-state index contributed by atoms with van der Waals surface area (Å²) in [6.07, 6.45) is 5.41. The summed E-state index contributed by atoms with van der Waals surface area (Å²) >= 11 is 7.44. The maximum Gasteiger partial charge on any atom is 0.234 e. The van der Waals surface area contributed by atoms with Gasteiger partial charge < -0.3 is 14.6 Å². The molecule has 2 aromatic carbocycles. The topological polar surface area (TPSA) is 74.0 Å². The van der Waals surface area contributed by atoms with Crippen molar-refractivity contribution in [1.29, 1.82) is 0 Å². The lowest BCUT2D eigenvalue weighted by Crippen LogP contribution is -2.16. The van der Waals surface area contributed by atoms with Crippen molar-refractivity contribution in [2.24, 2.45) is 0 Å². The molecular formula is C21H18ClN5O2S. The minimum absolute atomic E-state index is 0.153. The number of thioether (sulfide) groups is 1. The van der Waals surface area contributed by atoms with Crippen LogP contribution in [0.4, 0.5) is 5.69 Å². The fraction of sp³-hybridized carbons (Fsp3) is 0.0952. The Balaban J connectivity index is 1.45. The molecule has 4 aromatic rings. The number of ether oxygens (including phenoxy) is 1. The molecule has 0 fully saturated rings. The predicted octanol–water partition coefficient (Wildman–Crippen LogP) is 4.45. The van der Waals surface area contributed by atoms with E-state index in [4.69, 9.17) is 16.3 Å². The van der Waals surface area contributed by atoms with Gasteiger partial charge in [-0.3, -0.25) is 9.36 Å². The smallest absolute Gasteiger partial charge is 0.234 e. The summed E-state index contributed by atoms with van der Waals surface area (Å²) in [7, 11) is 1.62. The molecule has 0 spiro atoms. The standard InChI is InChI=1S/C21H18ClN5O2S/c1-29-17-7-5-16(6-8-17)27-14-23-25-21(27)30-13-20(28)24-18-9-4-15(22)12-19(18)26-10-2-3-11-26/h2-12,14H,13H2,1H3,(H,24,28). The van der Waals surface area contributed by atoms with E-state index in [1.165, 1.54) is 11.8 Å². The van der Waals surface area contributed by atoms with Crippen LogP contribution >= 0.6 is 23.4 Å². The largest absolute Gasteiger partial charge is 0.497 e. The van der Waals surface area contributed by atoms with Crippen molar-refractivity contribution in [2.45, 2.75) is 5.16 Å². The first-order valence-corrected chi connectivity index (χ1v) is 10.4. The number of nitrogens with one attached hydrogen (secondary N) is 1. The van der Waals surface area contributed by atoms with Crippen LogP contribution in [-0.4, -0.2) is 38.1 Å². The van der Waals surface area contributed by atoms with Gasteiger partial charge in [-0.15, -0.1) is 10.2 Å². The molecule has 0 aliphatic carbocycles. The lowest BCUT2D eigenvalue weighted by molar-refractivity contribution is -0.113. The van der Waals surface area contributed by atoms with E-state index < -0.39 is 0 Å². The number of carbonyl (C=O) groups is 1. The molecule has 2 aromatic heterocycles. The number of hydrogen-bond acceptors (Lipinski definition) is 5. The Bertz CT molecular complexity index is 1140. The Morgan fingerprint density at radius 1 is 1.17 bits per heavy atom. The number of anilines is 1. The predicted molar refractivity (Wildman–Crippen MR) is 118 cm³/mol. The number of halogens is 1. The van der Waals surface area contributed by atoms with Gasteiger partial charge in [0, 0.05) is 23.1 Å². The monoisotopic (exact) mass is 439 g/mol. The number of aromatic nitrogens is 4. The van der Waals surface area contributed by atoms with Crippen molar-refractivity contribution in [3.05, 3.63) is 78.3 Å². The van der Waals surface area contributed by atoms with Gasteiger partial charge in [0.1, 0.15) is 12.1 Å². The molecule has 152 valence electrons. The van der Waals surface area contributed by atoms with Gasteiger partial charge in [0.2, 0.25) is 5.91 Å². The number of rotatable bonds is 7. The van der Waals surface area contributed by atoms with Crippen molar-refractivity contribution in [3.63, 3.8) is 0 Å². The maximum absolute atomic E-state index is 12.6. The summed E-state index contributed by atoms with van der Waals surface area (Å²) in [6, 6.07) is 16.7. The van der Waals surface area contributed by atoms with Crippen LogP contribution in [0.15, 0.2) is 78.5 Å². The third-order valence-corrected chi connectivity index (χ3v) is 5.49. The molecule has 1 N–H and O–H groups in total. The Hall–Kier alpha value is -3.23. The van der Waals surface area contributed by atoms with Gasteiger partial charge in [0.25, 0.3) is 0 Å². The van der Waals surface area contributed by atoms with E-state index in [-0.39, 0.29) is 11.7 Å². The van der Waals surface area contributed by atoms with E-state index in [1.54, 1.807) is 25.6 Å². The highest BCUT2D eigenvalue weighted by Crippen LogP contribution is 2.26. The highest BCUT2D eigenvalue weighted by Gasteiger charge is 2.13. The molecule has 7 nitrogen and oxygen atoms in total. The molecular weight excluding hydrogens is 422 g/mol. The van der Waals surface area contributed by atoms with Gasteiger partial charge in [-0.05, 0) is 54.6 Å². The second-order valence-electron chi connectivity index (χ2n) is 6.27. The van der Waals surface area contributed by atoms with Crippen LogP contribution in [0, 0.1) is 0 Å². The van der Waals surface area contributed by atoms with E-state index in [0.717, 1.165) is 17.1 Å². The summed E-state index contributed by atoms with van der Waals surface area (Å²) < 4.78 is 8.91. The second-order valence-corrected chi connectivity index (χ2v) is 7.65. The van der Waals surface area contributed by atoms with Crippen molar-refractivity contribution in [1.82, 2.24) is 19.3 Å². The van der Waals surface area contributed by atoms with Crippen molar-refractivity contribution >= 4 is 35.0 Å². The molecule has 0 bridgehead atoms. The summed E-state index contributed by atoms with van der Waals surface area (Å²) in [5, 5.41) is 12.3. The first-order valence-electron chi connectivity index (χ1n) is 9.04. The molecule has 2 heterocycles. The molecule has 4 rings (SSSR count). The zero-order chi connectivity index (χ0) is 20.9. The van der Waals surface area contributed by atoms with Gasteiger partial charge in [-0.1, -0.05) is 23.4 Å². The number of methoxy groups -OCH3 is 1. The van der Waals surface area contributed by atoms with E-state index in [0.29, 0.717) is 15.9 Å². The highest BCUT2D eigenvalue weighted by atomic mass is 35.5. The maximum atomic E-state index is 12.6. The van der Waals surface area contributed by atoms with Crippen LogP contribution in [-0.2, 0) is 4.79 Å². The third-order valence-electron chi connectivity index (χ3n) is 4.32. The zero-order valence-electron chi connectivity index (χ0n) is 16.0. The second kappa shape index (κ2) is 9.06. The normalized spacial score (nSPS) is 10.7. The molecule has 0 saturated carbocycles. The van der Waals surface area contributed by atoms with Crippen LogP contribution in [0.5, 0.6) is 5.75 Å². The number of carbonyl (C=O) groups excluding carboxylic acids is 1. The first kappa shape index (κ1) is 20.1. The van der Waals surface area contributed by atoms with Gasteiger partial charge in [-0.2, -0.15) is 0 Å². The third kappa shape index (κ3) is 4.50. The minimum atomic E-state index is -0.153. The number of amides is 1. The van der Waals surface area contributed by atoms with Crippen LogP contribution < -0.4 is 10.1 Å². The Morgan fingerprint density at radius 3 is 2.67 bits per heavy atom. The van der Waals surface area contributed by atoms with E-state index in [1.807, 2.05) is 64.0 Å². The lowest BCUT2D eigenvalue weighted by atomic mass is 10.2. The zero-order valence-corrected chi connectivity index (χ0v) is 17.6. The molecule has 0 radical (unpaired) electrons. The fourth-order valence-electron chi connectivity index (χ4n) is 2.88. The van der Waals surface area contributed by atoms with Gasteiger partial charge in [-0.25, -0.2) is 0 Å². The highest BCUT2D eigenvalue weighted by molar-refractivity contribution is 7.99. The molecule has 0 aliphatic heterocycles. The summed E-state index contributed by atoms with van der Waals surface area (Å²) in [5.74, 6) is 0.796. The van der Waals surface area contributed by atoms with Gasteiger partial charge in [0.15, 0.2) is 5.16 Å².